The quantitative estimate of drug-likeness (QED) is 0.567. The predicted molar refractivity (Wildman–Crippen MR) is 101 cm³/mol. The smallest absolute Gasteiger partial charge is 0.264 e. The average Bonchev–Trinajstić information content (AvgIpc) is 2.67. The minimum atomic E-state index is -4.65. The van der Waals surface area contributed by atoms with Gasteiger partial charge in [-0.3, -0.25) is 9.29 Å². The molecule has 1 heterocycles. The van der Waals surface area contributed by atoms with Gasteiger partial charge in [-0.25, -0.2) is 8.42 Å². The monoisotopic (exact) mass is 426 g/mol. The molecule has 0 fully saturated rings. The Morgan fingerprint density at radius 2 is 1.71 bits per heavy atom. The van der Waals surface area contributed by atoms with Gasteiger partial charge in [-0.2, -0.15) is 13.2 Å². The molecule has 9 heteroatoms. The van der Waals surface area contributed by atoms with Crippen molar-refractivity contribution < 1.29 is 21.6 Å². The number of anilines is 1. The summed E-state index contributed by atoms with van der Waals surface area (Å²) in [7, 11) is -4.29. The lowest BCUT2D eigenvalue weighted by molar-refractivity contribution is -0.137. The van der Waals surface area contributed by atoms with Crippen LogP contribution in [0.2, 0.25) is 5.02 Å². The molecule has 0 atom stereocenters. The van der Waals surface area contributed by atoms with E-state index >= 15 is 0 Å². The molecule has 28 heavy (non-hydrogen) atoms. The summed E-state index contributed by atoms with van der Waals surface area (Å²) in [5, 5.41) is 0.404. The molecule has 0 aliphatic heterocycles. The number of aromatic nitrogens is 1. The molecule has 0 radical (unpaired) electrons. The molecule has 0 aliphatic carbocycles. The van der Waals surface area contributed by atoms with E-state index < -0.39 is 26.7 Å². The number of pyridine rings is 1. The van der Waals surface area contributed by atoms with E-state index in [1.54, 1.807) is 12.1 Å². The van der Waals surface area contributed by atoms with Crippen molar-refractivity contribution in [3.8, 4) is 0 Å². The highest BCUT2D eigenvalue weighted by atomic mass is 35.5. The zero-order valence-corrected chi connectivity index (χ0v) is 15.8. The van der Waals surface area contributed by atoms with Gasteiger partial charge in [0.25, 0.3) is 10.0 Å². The molecule has 4 nitrogen and oxygen atoms in total. The highest BCUT2D eigenvalue weighted by Gasteiger charge is 2.33. The fourth-order valence-electron chi connectivity index (χ4n) is 2.54. The second kappa shape index (κ2) is 7.81. The lowest BCUT2D eigenvalue weighted by Gasteiger charge is -2.25. The Labute approximate surface area is 165 Å². The molecule has 3 aromatic rings. The van der Waals surface area contributed by atoms with Crippen LogP contribution in [-0.4, -0.2) is 13.4 Å². The number of alkyl halides is 3. The van der Waals surface area contributed by atoms with E-state index in [2.05, 4.69) is 4.98 Å². The largest absolute Gasteiger partial charge is 0.416 e. The Hall–Kier alpha value is -2.58. The summed E-state index contributed by atoms with van der Waals surface area (Å²) >= 11 is 5.88. The third-order valence-corrected chi connectivity index (χ3v) is 5.93. The lowest BCUT2D eigenvalue weighted by Crippen LogP contribution is -2.30. The van der Waals surface area contributed by atoms with Gasteiger partial charge in [-0.05, 0) is 54.1 Å². The SMILES string of the molecule is O=S(=O)(c1cccc(C(F)(F)F)c1)N(Cc1cccnc1)c1ccc(Cl)cc1. The number of rotatable bonds is 5. The maximum Gasteiger partial charge on any atom is 0.416 e. The van der Waals surface area contributed by atoms with Gasteiger partial charge in [-0.15, -0.1) is 0 Å². The number of sulfonamides is 1. The number of hydrogen-bond acceptors (Lipinski definition) is 3. The molecule has 0 amide bonds. The van der Waals surface area contributed by atoms with Crippen molar-refractivity contribution >= 4 is 27.3 Å². The van der Waals surface area contributed by atoms with E-state index in [1.807, 2.05) is 0 Å². The Morgan fingerprint density at radius 1 is 1.00 bits per heavy atom. The van der Waals surface area contributed by atoms with Crippen molar-refractivity contribution in [3.63, 3.8) is 0 Å². The molecule has 1 aromatic heterocycles. The summed E-state index contributed by atoms with van der Waals surface area (Å²) in [6.45, 7) is -0.103. The van der Waals surface area contributed by atoms with E-state index in [4.69, 9.17) is 11.6 Å². The number of benzene rings is 2. The first-order chi connectivity index (χ1) is 13.2. The van der Waals surface area contributed by atoms with Gasteiger partial charge < -0.3 is 0 Å². The molecule has 0 unspecified atom stereocenters. The van der Waals surface area contributed by atoms with E-state index in [9.17, 15) is 21.6 Å². The van der Waals surface area contributed by atoms with Crippen molar-refractivity contribution in [1.29, 1.82) is 0 Å². The maximum absolute atomic E-state index is 13.2. The van der Waals surface area contributed by atoms with Crippen LogP contribution >= 0.6 is 11.6 Å². The maximum atomic E-state index is 13.2. The normalized spacial score (nSPS) is 12.0. The van der Waals surface area contributed by atoms with Crippen LogP contribution in [0.15, 0.2) is 78.0 Å². The van der Waals surface area contributed by atoms with E-state index in [0.717, 1.165) is 22.5 Å². The summed E-state index contributed by atoms with van der Waals surface area (Å²) in [5.41, 5.74) is -0.190. The zero-order valence-electron chi connectivity index (χ0n) is 14.3. The molecule has 0 saturated heterocycles. The average molecular weight is 427 g/mol. The van der Waals surface area contributed by atoms with Crippen LogP contribution < -0.4 is 4.31 Å². The Kier molecular flexibility index (Phi) is 5.62. The van der Waals surface area contributed by atoms with Gasteiger partial charge in [0, 0.05) is 17.4 Å². The molecule has 0 spiro atoms. The second-order valence-electron chi connectivity index (χ2n) is 5.87. The zero-order chi connectivity index (χ0) is 20.4. The molecule has 146 valence electrons. The number of halogens is 4. The molecule has 2 aromatic carbocycles. The summed E-state index contributed by atoms with van der Waals surface area (Å²) in [6.07, 6.45) is -1.62. The molecular formula is C19H14ClF3N2O2S. The van der Waals surface area contributed by atoms with Crippen LogP contribution in [0.1, 0.15) is 11.1 Å². The van der Waals surface area contributed by atoms with Crippen LogP contribution in [0.4, 0.5) is 18.9 Å². The van der Waals surface area contributed by atoms with Crippen molar-refractivity contribution in [2.24, 2.45) is 0 Å². The highest BCUT2D eigenvalue weighted by Crippen LogP contribution is 2.33. The standard InChI is InChI=1S/C19H14ClF3N2O2S/c20-16-6-8-17(9-7-16)25(13-14-3-2-10-24-12-14)28(26,27)18-5-1-4-15(11-18)19(21,22)23/h1-12H,13H2. The van der Waals surface area contributed by atoms with Crippen LogP contribution in [0, 0.1) is 0 Å². The number of nitrogens with zero attached hydrogens (tertiary/aromatic N) is 2. The van der Waals surface area contributed by atoms with E-state index in [-0.39, 0.29) is 12.2 Å². The first-order valence-corrected chi connectivity index (χ1v) is 9.84. The molecule has 0 N–H and O–H groups in total. The molecule has 3 rings (SSSR count). The van der Waals surface area contributed by atoms with Gasteiger partial charge in [0.2, 0.25) is 0 Å². The second-order valence-corrected chi connectivity index (χ2v) is 8.17. The van der Waals surface area contributed by atoms with Gasteiger partial charge in [-0.1, -0.05) is 23.7 Å². The van der Waals surface area contributed by atoms with Gasteiger partial charge in [0.1, 0.15) is 0 Å². The fraction of sp³-hybridized carbons (Fsp3) is 0.105. The Morgan fingerprint density at radius 3 is 2.32 bits per heavy atom. The third kappa shape index (κ3) is 4.45. The van der Waals surface area contributed by atoms with Crippen LogP contribution in [-0.2, 0) is 22.7 Å². The summed E-state index contributed by atoms with van der Waals surface area (Å²) in [5.74, 6) is 0. The Bertz CT molecular complexity index is 1060. The third-order valence-electron chi connectivity index (χ3n) is 3.91. The molecule has 0 aliphatic rings. The van der Waals surface area contributed by atoms with Crippen molar-refractivity contribution in [2.45, 2.75) is 17.6 Å². The van der Waals surface area contributed by atoms with Gasteiger partial charge >= 0.3 is 6.18 Å². The van der Waals surface area contributed by atoms with E-state index in [1.165, 1.54) is 36.7 Å². The minimum absolute atomic E-state index is 0.103. The lowest BCUT2D eigenvalue weighted by atomic mass is 10.2. The van der Waals surface area contributed by atoms with Crippen LogP contribution in [0.25, 0.3) is 0 Å². The highest BCUT2D eigenvalue weighted by molar-refractivity contribution is 7.92. The van der Waals surface area contributed by atoms with Crippen LogP contribution in [0.5, 0.6) is 0 Å². The topological polar surface area (TPSA) is 50.3 Å². The van der Waals surface area contributed by atoms with Crippen molar-refractivity contribution in [3.05, 3.63) is 89.2 Å². The van der Waals surface area contributed by atoms with Gasteiger partial charge in [0.15, 0.2) is 0 Å². The molecular weight excluding hydrogens is 413 g/mol. The minimum Gasteiger partial charge on any atom is -0.264 e. The Balaban J connectivity index is 2.09. The summed E-state index contributed by atoms with van der Waals surface area (Å²) in [6, 6.07) is 13.0. The molecule has 0 saturated carbocycles. The van der Waals surface area contributed by atoms with Crippen LogP contribution in [0.3, 0.4) is 0 Å². The summed E-state index contributed by atoms with van der Waals surface area (Å²) < 4.78 is 66.6. The predicted octanol–water partition coefficient (Wildman–Crippen LogP) is 5.15. The van der Waals surface area contributed by atoms with E-state index in [0.29, 0.717) is 16.7 Å². The van der Waals surface area contributed by atoms with Gasteiger partial charge in [0.05, 0.1) is 22.7 Å². The van der Waals surface area contributed by atoms with Crippen molar-refractivity contribution in [2.75, 3.05) is 4.31 Å². The first-order valence-electron chi connectivity index (χ1n) is 8.02. The first kappa shape index (κ1) is 20.2. The van der Waals surface area contributed by atoms with Crippen molar-refractivity contribution in [1.82, 2.24) is 4.98 Å². The number of hydrogen-bond donors (Lipinski definition) is 0. The molecule has 0 bridgehead atoms. The fourth-order valence-corrected chi connectivity index (χ4v) is 4.17. The summed E-state index contributed by atoms with van der Waals surface area (Å²) in [4.78, 5) is 3.50.